The van der Waals surface area contributed by atoms with Crippen LogP contribution in [0.15, 0.2) is 72.8 Å². The van der Waals surface area contributed by atoms with E-state index in [9.17, 15) is 9.59 Å². The fourth-order valence-electron chi connectivity index (χ4n) is 3.75. The van der Waals surface area contributed by atoms with Gasteiger partial charge in [-0.1, -0.05) is 42.5 Å². The molecule has 3 aromatic carbocycles. The van der Waals surface area contributed by atoms with Crippen LogP contribution in [0.2, 0.25) is 0 Å². The second kappa shape index (κ2) is 5.56. The van der Waals surface area contributed by atoms with Gasteiger partial charge in [0.1, 0.15) is 0 Å². The SMILES string of the molecule is O=C1c2ccc(N3Cc4ccccc4C3)cc2C(=O)N1c1ccccc1. The van der Waals surface area contributed by atoms with Crippen molar-refractivity contribution in [1.29, 1.82) is 0 Å². The zero-order valence-electron chi connectivity index (χ0n) is 14.1. The fourth-order valence-corrected chi connectivity index (χ4v) is 3.75. The minimum atomic E-state index is -0.257. The van der Waals surface area contributed by atoms with Crippen LogP contribution in [0.5, 0.6) is 0 Å². The van der Waals surface area contributed by atoms with Crippen LogP contribution < -0.4 is 9.80 Å². The highest BCUT2D eigenvalue weighted by molar-refractivity contribution is 6.34. The highest BCUT2D eigenvalue weighted by atomic mass is 16.2. The van der Waals surface area contributed by atoms with Crippen LogP contribution >= 0.6 is 0 Å². The van der Waals surface area contributed by atoms with E-state index in [0.717, 1.165) is 18.8 Å². The van der Waals surface area contributed by atoms with E-state index in [-0.39, 0.29) is 11.8 Å². The van der Waals surface area contributed by atoms with Crippen molar-refractivity contribution in [3.63, 3.8) is 0 Å². The molecule has 4 heteroatoms. The Balaban J connectivity index is 1.50. The van der Waals surface area contributed by atoms with Crippen molar-refractivity contribution in [2.24, 2.45) is 0 Å². The monoisotopic (exact) mass is 340 g/mol. The Labute approximate surface area is 151 Å². The Bertz CT molecular complexity index is 1020. The first-order valence-electron chi connectivity index (χ1n) is 8.62. The molecule has 0 saturated heterocycles. The molecule has 3 aromatic rings. The maximum Gasteiger partial charge on any atom is 0.266 e. The Morgan fingerprint density at radius 1 is 0.615 bits per heavy atom. The topological polar surface area (TPSA) is 40.6 Å². The molecule has 0 bridgehead atoms. The summed E-state index contributed by atoms with van der Waals surface area (Å²) in [6.45, 7) is 1.64. The summed E-state index contributed by atoms with van der Waals surface area (Å²) in [7, 11) is 0. The highest BCUT2D eigenvalue weighted by Crippen LogP contribution is 2.34. The van der Waals surface area contributed by atoms with E-state index in [0.29, 0.717) is 16.8 Å². The number of hydrogen-bond acceptors (Lipinski definition) is 3. The first-order valence-corrected chi connectivity index (χ1v) is 8.62. The summed E-state index contributed by atoms with van der Waals surface area (Å²) in [5.41, 5.74) is 5.14. The van der Waals surface area contributed by atoms with Crippen molar-refractivity contribution >= 4 is 23.2 Å². The molecular formula is C22H16N2O2. The van der Waals surface area contributed by atoms with Crippen molar-refractivity contribution in [3.8, 4) is 0 Å². The number of imide groups is 1. The van der Waals surface area contributed by atoms with Gasteiger partial charge in [-0.2, -0.15) is 0 Å². The summed E-state index contributed by atoms with van der Waals surface area (Å²) >= 11 is 0. The van der Waals surface area contributed by atoms with E-state index in [2.05, 4.69) is 17.0 Å². The molecule has 0 spiro atoms. The van der Waals surface area contributed by atoms with Crippen LogP contribution in [0.25, 0.3) is 0 Å². The summed E-state index contributed by atoms with van der Waals surface area (Å²) in [6.07, 6.45) is 0. The summed E-state index contributed by atoms with van der Waals surface area (Å²) in [5.74, 6) is -0.512. The standard InChI is InChI=1S/C22H16N2O2/c25-21-19-11-10-18(23-13-15-6-4-5-7-16(15)14-23)12-20(19)22(26)24(21)17-8-2-1-3-9-17/h1-12H,13-14H2. The minimum Gasteiger partial charge on any atom is -0.363 e. The van der Waals surface area contributed by atoms with Gasteiger partial charge in [0.05, 0.1) is 16.8 Å². The molecule has 0 radical (unpaired) electrons. The smallest absolute Gasteiger partial charge is 0.266 e. The second-order valence-corrected chi connectivity index (χ2v) is 6.64. The number of benzene rings is 3. The quantitative estimate of drug-likeness (QED) is 0.662. The molecule has 26 heavy (non-hydrogen) atoms. The molecule has 0 atom stereocenters. The number of amides is 2. The maximum atomic E-state index is 12.9. The lowest BCUT2D eigenvalue weighted by Crippen LogP contribution is -2.29. The Morgan fingerprint density at radius 3 is 1.92 bits per heavy atom. The largest absolute Gasteiger partial charge is 0.363 e. The van der Waals surface area contributed by atoms with Gasteiger partial charge in [0.15, 0.2) is 0 Å². The lowest BCUT2D eigenvalue weighted by molar-refractivity contribution is 0.0926. The normalized spacial score (nSPS) is 15.4. The molecule has 5 rings (SSSR count). The number of hydrogen-bond donors (Lipinski definition) is 0. The molecule has 126 valence electrons. The van der Waals surface area contributed by atoms with Gasteiger partial charge < -0.3 is 4.90 Å². The molecular weight excluding hydrogens is 324 g/mol. The minimum absolute atomic E-state index is 0.255. The average Bonchev–Trinajstić information content (AvgIpc) is 3.22. The molecule has 0 saturated carbocycles. The summed E-state index contributed by atoms with van der Waals surface area (Å²) in [5, 5.41) is 0. The van der Waals surface area contributed by atoms with E-state index in [1.54, 1.807) is 18.2 Å². The fraction of sp³-hybridized carbons (Fsp3) is 0.0909. The molecule has 0 fully saturated rings. The predicted molar refractivity (Wildman–Crippen MR) is 100 cm³/mol. The molecule has 2 heterocycles. The zero-order valence-corrected chi connectivity index (χ0v) is 14.1. The molecule has 0 unspecified atom stereocenters. The van der Waals surface area contributed by atoms with E-state index >= 15 is 0 Å². The summed E-state index contributed by atoms with van der Waals surface area (Å²) < 4.78 is 0. The summed E-state index contributed by atoms with van der Waals surface area (Å²) in [6, 6.07) is 23.0. The number of fused-ring (bicyclic) bond motifs is 2. The van der Waals surface area contributed by atoms with Crippen LogP contribution in [0.4, 0.5) is 11.4 Å². The first-order chi connectivity index (χ1) is 12.7. The third-order valence-electron chi connectivity index (χ3n) is 5.09. The number of carbonyl (C=O) groups excluding carboxylic acids is 2. The van der Waals surface area contributed by atoms with Gasteiger partial charge in [0.25, 0.3) is 11.8 Å². The molecule has 0 N–H and O–H groups in total. The second-order valence-electron chi connectivity index (χ2n) is 6.64. The van der Waals surface area contributed by atoms with E-state index in [1.807, 2.05) is 42.5 Å². The lowest BCUT2D eigenvalue weighted by atomic mass is 10.1. The van der Waals surface area contributed by atoms with Crippen molar-refractivity contribution < 1.29 is 9.59 Å². The maximum absolute atomic E-state index is 12.9. The molecule has 2 aliphatic heterocycles. The molecule has 2 amide bonds. The first kappa shape index (κ1) is 14.9. The molecule has 4 nitrogen and oxygen atoms in total. The van der Waals surface area contributed by atoms with Crippen molar-refractivity contribution in [3.05, 3.63) is 95.1 Å². The molecule has 0 aliphatic carbocycles. The van der Waals surface area contributed by atoms with Gasteiger partial charge in [-0.15, -0.1) is 0 Å². The number of para-hydroxylation sites is 1. The lowest BCUT2D eigenvalue weighted by Gasteiger charge is -2.18. The third-order valence-corrected chi connectivity index (χ3v) is 5.09. The van der Waals surface area contributed by atoms with Crippen molar-refractivity contribution in [2.75, 3.05) is 9.80 Å². The van der Waals surface area contributed by atoms with E-state index in [1.165, 1.54) is 16.0 Å². The average molecular weight is 340 g/mol. The van der Waals surface area contributed by atoms with Crippen LogP contribution in [-0.4, -0.2) is 11.8 Å². The van der Waals surface area contributed by atoms with Crippen LogP contribution in [0, 0.1) is 0 Å². The Kier molecular flexibility index (Phi) is 3.19. The molecule has 0 aromatic heterocycles. The number of nitrogens with zero attached hydrogens (tertiary/aromatic N) is 2. The Hall–Kier alpha value is -3.40. The van der Waals surface area contributed by atoms with E-state index in [4.69, 9.17) is 0 Å². The van der Waals surface area contributed by atoms with Gasteiger partial charge in [0, 0.05) is 18.8 Å². The van der Waals surface area contributed by atoms with Gasteiger partial charge in [-0.25, -0.2) is 4.90 Å². The van der Waals surface area contributed by atoms with Crippen molar-refractivity contribution in [2.45, 2.75) is 13.1 Å². The Morgan fingerprint density at radius 2 is 1.23 bits per heavy atom. The van der Waals surface area contributed by atoms with Gasteiger partial charge in [-0.3, -0.25) is 9.59 Å². The predicted octanol–water partition coefficient (Wildman–Crippen LogP) is 4.01. The number of rotatable bonds is 2. The highest BCUT2D eigenvalue weighted by Gasteiger charge is 2.37. The third kappa shape index (κ3) is 2.15. The van der Waals surface area contributed by atoms with Gasteiger partial charge in [0.2, 0.25) is 0 Å². The number of carbonyl (C=O) groups is 2. The summed E-state index contributed by atoms with van der Waals surface area (Å²) in [4.78, 5) is 29.1. The van der Waals surface area contributed by atoms with Crippen LogP contribution in [-0.2, 0) is 13.1 Å². The number of anilines is 2. The van der Waals surface area contributed by atoms with Crippen LogP contribution in [0.3, 0.4) is 0 Å². The van der Waals surface area contributed by atoms with Gasteiger partial charge in [-0.05, 0) is 41.5 Å². The van der Waals surface area contributed by atoms with Crippen molar-refractivity contribution in [1.82, 2.24) is 0 Å². The van der Waals surface area contributed by atoms with Crippen LogP contribution in [0.1, 0.15) is 31.8 Å². The van der Waals surface area contributed by atoms with E-state index < -0.39 is 0 Å². The zero-order chi connectivity index (χ0) is 17.7. The van der Waals surface area contributed by atoms with Gasteiger partial charge >= 0.3 is 0 Å². The molecule has 2 aliphatic rings.